The Bertz CT molecular complexity index is 589. The van der Waals surface area contributed by atoms with Gasteiger partial charge in [0, 0.05) is 39.3 Å². The van der Waals surface area contributed by atoms with E-state index in [1.54, 1.807) is 0 Å². The van der Waals surface area contributed by atoms with Crippen LogP contribution >= 0.6 is 0 Å². The summed E-state index contributed by atoms with van der Waals surface area (Å²) < 4.78 is 22.5. The van der Waals surface area contributed by atoms with Crippen molar-refractivity contribution < 1.29 is 18.9 Å². The van der Waals surface area contributed by atoms with Gasteiger partial charge in [0.2, 0.25) is 0 Å². The molecular weight excluding hydrogens is 428 g/mol. The zero-order valence-corrected chi connectivity index (χ0v) is 22.6. The van der Waals surface area contributed by atoms with Crippen LogP contribution in [0.5, 0.6) is 0 Å². The molecule has 8 unspecified atom stereocenters. The molecule has 0 aromatic carbocycles. The maximum atomic E-state index is 5.63. The van der Waals surface area contributed by atoms with Crippen molar-refractivity contribution in [3.63, 3.8) is 0 Å². The predicted molar refractivity (Wildman–Crippen MR) is 134 cm³/mol. The second kappa shape index (κ2) is 9.90. The van der Waals surface area contributed by atoms with Crippen LogP contribution in [0.2, 0.25) is 0 Å². The van der Waals surface area contributed by atoms with Crippen LogP contribution in [0.15, 0.2) is 0 Å². The first-order valence-electron chi connectivity index (χ1n) is 14.0. The third kappa shape index (κ3) is 7.39. The van der Waals surface area contributed by atoms with Crippen LogP contribution in [-0.2, 0) is 18.9 Å². The number of rotatable bonds is 12. The molecule has 34 heavy (non-hydrogen) atoms. The van der Waals surface area contributed by atoms with Crippen molar-refractivity contribution in [1.82, 2.24) is 9.80 Å². The molecule has 0 N–H and O–H groups in total. The largest absolute Gasteiger partial charge is 0.372 e. The van der Waals surface area contributed by atoms with Gasteiger partial charge in [0.25, 0.3) is 0 Å². The summed E-state index contributed by atoms with van der Waals surface area (Å²) >= 11 is 0. The van der Waals surface area contributed by atoms with E-state index in [0.717, 1.165) is 76.3 Å². The van der Waals surface area contributed by atoms with Crippen LogP contribution < -0.4 is 0 Å². The van der Waals surface area contributed by atoms with Gasteiger partial charge in [-0.2, -0.15) is 0 Å². The molecule has 4 aliphatic heterocycles. The quantitative estimate of drug-likeness (QED) is 0.400. The van der Waals surface area contributed by atoms with E-state index < -0.39 is 0 Å². The molecule has 0 amide bonds. The van der Waals surface area contributed by atoms with Gasteiger partial charge in [0.15, 0.2) is 0 Å². The summed E-state index contributed by atoms with van der Waals surface area (Å²) in [5.74, 6) is 2.92. The molecule has 1 aliphatic carbocycles. The van der Waals surface area contributed by atoms with Gasteiger partial charge >= 0.3 is 0 Å². The van der Waals surface area contributed by atoms with E-state index in [1.807, 2.05) is 0 Å². The van der Waals surface area contributed by atoms with Crippen molar-refractivity contribution in [2.75, 3.05) is 65.7 Å². The Morgan fingerprint density at radius 3 is 1.03 bits per heavy atom. The summed E-state index contributed by atoms with van der Waals surface area (Å²) in [6.07, 6.45) is 4.44. The lowest BCUT2D eigenvalue weighted by Gasteiger charge is -2.52. The van der Waals surface area contributed by atoms with Crippen molar-refractivity contribution >= 4 is 0 Å². The van der Waals surface area contributed by atoms with Crippen LogP contribution in [0.1, 0.15) is 54.4 Å². The Morgan fingerprint density at radius 1 is 0.500 bits per heavy atom. The average Bonchev–Trinajstić information content (AvgIpc) is 3.56. The Kier molecular flexibility index (Phi) is 7.40. The summed E-state index contributed by atoms with van der Waals surface area (Å²) in [6, 6.07) is 0. The van der Waals surface area contributed by atoms with Gasteiger partial charge < -0.3 is 18.9 Å². The van der Waals surface area contributed by atoms with E-state index in [-0.39, 0.29) is 0 Å². The fraction of sp³-hybridized carbons (Fsp3) is 1.00. The molecule has 5 fully saturated rings. The van der Waals surface area contributed by atoms with Crippen LogP contribution in [-0.4, -0.2) is 99.9 Å². The first-order chi connectivity index (χ1) is 16.0. The molecule has 4 saturated heterocycles. The zero-order valence-electron chi connectivity index (χ0n) is 22.6. The minimum absolute atomic E-state index is 0.320. The average molecular weight is 479 g/mol. The molecule has 0 radical (unpaired) electrons. The Balaban J connectivity index is 1.32. The lowest BCUT2D eigenvalue weighted by atomic mass is 9.55. The van der Waals surface area contributed by atoms with E-state index in [0.29, 0.717) is 35.2 Å². The fourth-order valence-corrected chi connectivity index (χ4v) is 6.86. The molecule has 5 aliphatic rings. The van der Waals surface area contributed by atoms with Crippen molar-refractivity contribution in [2.45, 2.75) is 78.8 Å². The maximum absolute atomic E-state index is 5.63. The van der Waals surface area contributed by atoms with E-state index in [4.69, 9.17) is 18.9 Å². The lowest BCUT2D eigenvalue weighted by Crippen LogP contribution is -2.50. The van der Waals surface area contributed by atoms with Gasteiger partial charge in [-0.3, -0.25) is 9.80 Å². The van der Waals surface area contributed by atoms with Crippen molar-refractivity contribution in [2.24, 2.45) is 34.5 Å². The molecule has 0 spiro atoms. The number of hydrogen-bond donors (Lipinski definition) is 0. The predicted octanol–water partition coefficient (Wildman–Crippen LogP) is 3.54. The first-order valence-corrected chi connectivity index (χ1v) is 14.0. The SMILES string of the molecule is CC(C)(C)C1CC(C(C)(C)C)C(CN(CC2CO2)CC2CO2)CC1CN(CC1CO1)CC1CO1. The second-order valence-electron chi connectivity index (χ2n) is 14.2. The number of hydrogen-bond acceptors (Lipinski definition) is 6. The van der Waals surface area contributed by atoms with Crippen LogP contribution in [0.3, 0.4) is 0 Å². The summed E-state index contributed by atoms with van der Waals surface area (Å²) in [6.45, 7) is 25.3. The standard InChI is InChI=1S/C28H50N2O4/c1-27(2,3)25-8-26(28(4,5)6)20(10-30(13-23-17-33-23)14-24-18-34-24)7-19(25)9-29(11-21-15-31-21)12-22-16-32-22/h19-26H,7-18H2,1-6H3. The number of epoxide rings is 4. The van der Waals surface area contributed by atoms with Crippen molar-refractivity contribution in [1.29, 1.82) is 0 Å². The molecule has 8 atom stereocenters. The minimum atomic E-state index is 0.320. The van der Waals surface area contributed by atoms with Crippen molar-refractivity contribution in [3.8, 4) is 0 Å². The molecule has 6 nitrogen and oxygen atoms in total. The highest BCUT2D eigenvalue weighted by Gasteiger charge is 2.47. The monoisotopic (exact) mass is 478 g/mol. The maximum Gasteiger partial charge on any atom is 0.0936 e. The van der Waals surface area contributed by atoms with E-state index >= 15 is 0 Å². The molecule has 0 aromatic heterocycles. The minimum Gasteiger partial charge on any atom is -0.372 e. The van der Waals surface area contributed by atoms with Crippen LogP contribution in [0.25, 0.3) is 0 Å². The summed E-state index contributed by atoms with van der Waals surface area (Å²) in [4.78, 5) is 5.36. The Hall–Kier alpha value is -0.240. The smallest absolute Gasteiger partial charge is 0.0936 e. The summed E-state index contributed by atoms with van der Waals surface area (Å²) in [5, 5.41) is 0. The van der Waals surface area contributed by atoms with Crippen LogP contribution in [0.4, 0.5) is 0 Å². The van der Waals surface area contributed by atoms with Gasteiger partial charge in [-0.25, -0.2) is 0 Å². The number of ether oxygens (including phenoxy) is 4. The highest BCUT2D eigenvalue weighted by Crippen LogP contribution is 2.52. The third-order valence-corrected chi connectivity index (χ3v) is 8.92. The van der Waals surface area contributed by atoms with E-state index in [1.165, 1.54) is 25.9 Å². The Labute approximate surface area is 208 Å². The highest BCUT2D eigenvalue weighted by atomic mass is 16.6. The summed E-state index contributed by atoms with van der Waals surface area (Å²) in [5.41, 5.74) is 0.640. The second-order valence-corrected chi connectivity index (χ2v) is 14.2. The van der Waals surface area contributed by atoms with Crippen LogP contribution in [0, 0.1) is 34.5 Å². The normalized spacial score (nSPS) is 39.5. The molecular formula is C28H50N2O4. The van der Waals surface area contributed by atoms with E-state index in [9.17, 15) is 0 Å². The number of nitrogens with zero attached hydrogens (tertiary/aromatic N) is 2. The molecule has 0 bridgehead atoms. The third-order valence-electron chi connectivity index (χ3n) is 8.92. The van der Waals surface area contributed by atoms with Gasteiger partial charge in [0.05, 0.1) is 50.8 Å². The fourth-order valence-electron chi connectivity index (χ4n) is 6.86. The Morgan fingerprint density at radius 2 is 0.794 bits per heavy atom. The lowest BCUT2D eigenvalue weighted by molar-refractivity contribution is -0.0317. The van der Waals surface area contributed by atoms with Gasteiger partial charge in [-0.1, -0.05) is 41.5 Å². The molecule has 0 aromatic rings. The van der Waals surface area contributed by atoms with Gasteiger partial charge in [-0.05, 0) is 47.3 Å². The molecule has 6 heteroatoms. The van der Waals surface area contributed by atoms with E-state index in [2.05, 4.69) is 51.3 Å². The topological polar surface area (TPSA) is 56.6 Å². The van der Waals surface area contributed by atoms with Crippen molar-refractivity contribution in [3.05, 3.63) is 0 Å². The highest BCUT2D eigenvalue weighted by molar-refractivity contribution is 4.97. The first kappa shape index (κ1) is 25.4. The summed E-state index contributed by atoms with van der Waals surface area (Å²) in [7, 11) is 0. The van der Waals surface area contributed by atoms with Gasteiger partial charge in [-0.15, -0.1) is 0 Å². The van der Waals surface area contributed by atoms with Gasteiger partial charge in [0.1, 0.15) is 0 Å². The zero-order chi connectivity index (χ0) is 24.1. The molecule has 4 heterocycles. The molecule has 5 rings (SSSR count). The molecule has 196 valence electrons. The molecule has 1 saturated carbocycles.